The molecule has 1 N–H and O–H groups in total. The summed E-state index contributed by atoms with van der Waals surface area (Å²) in [4.78, 5) is 51.6. The topological polar surface area (TPSA) is 113 Å². The Morgan fingerprint density at radius 1 is 1.10 bits per heavy atom. The molecule has 4 amide bonds. The number of imide groups is 1. The molecule has 0 radical (unpaired) electrons. The molecule has 9 nitrogen and oxygen atoms in total. The lowest BCUT2D eigenvalue weighted by Crippen LogP contribution is -2.45. The Labute approximate surface area is 182 Å². The Morgan fingerprint density at radius 2 is 1.61 bits per heavy atom. The van der Waals surface area contributed by atoms with Crippen LogP contribution in [0.15, 0.2) is 24.3 Å². The van der Waals surface area contributed by atoms with Crippen LogP contribution < -0.4 is 5.32 Å². The molecular formula is C22H32N4O5. The molecule has 1 aliphatic rings. The lowest BCUT2D eigenvalue weighted by Gasteiger charge is -2.26. The normalized spacial score (nSPS) is 18.6. The third-order valence-corrected chi connectivity index (χ3v) is 5.53. The van der Waals surface area contributed by atoms with Gasteiger partial charge in [0.1, 0.15) is 12.1 Å². The van der Waals surface area contributed by atoms with Crippen molar-refractivity contribution in [3.63, 3.8) is 0 Å². The van der Waals surface area contributed by atoms with Crippen LogP contribution in [0.1, 0.15) is 53.0 Å². The van der Waals surface area contributed by atoms with Gasteiger partial charge in [0.25, 0.3) is 11.6 Å². The first-order valence-corrected chi connectivity index (χ1v) is 10.6. The third kappa shape index (κ3) is 5.80. The summed E-state index contributed by atoms with van der Waals surface area (Å²) in [5.41, 5.74) is -1.07. The largest absolute Gasteiger partial charge is 0.341 e. The number of benzene rings is 1. The number of hydrogen-bond acceptors (Lipinski definition) is 5. The number of non-ortho nitro benzene ring substituents is 1. The van der Waals surface area contributed by atoms with E-state index in [0.717, 1.165) is 17.7 Å². The fourth-order valence-electron chi connectivity index (χ4n) is 3.38. The second kappa shape index (κ2) is 9.89. The number of carbonyl (C=O) groups is 3. The van der Waals surface area contributed by atoms with Crippen molar-refractivity contribution in [3.8, 4) is 0 Å². The zero-order valence-corrected chi connectivity index (χ0v) is 18.9. The van der Waals surface area contributed by atoms with Crippen LogP contribution in [0, 0.1) is 22.0 Å². The summed E-state index contributed by atoms with van der Waals surface area (Å²) in [6.45, 7) is 10.7. The fourth-order valence-corrected chi connectivity index (χ4v) is 3.38. The molecule has 1 saturated heterocycles. The zero-order chi connectivity index (χ0) is 23.3. The first-order chi connectivity index (χ1) is 14.5. The van der Waals surface area contributed by atoms with Gasteiger partial charge in [0.15, 0.2) is 0 Å². The van der Waals surface area contributed by atoms with Gasteiger partial charge in [0.2, 0.25) is 5.91 Å². The average molecular weight is 433 g/mol. The molecular weight excluding hydrogens is 400 g/mol. The lowest BCUT2D eigenvalue weighted by molar-refractivity contribution is -0.384. The van der Waals surface area contributed by atoms with E-state index < -0.39 is 22.4 Å². The Bertz CT molecular complexity index is 825. The Balaban J connectivity index is 2.16. The fraction of sp³-hybridized carbons (Fsp3) is 0.591. The van der Waals surface area contributed by atoms with Crippen LogP contribution in [0.25, 0.3) is 0 Å². The van der Waals surface area contributed by atoms with Crippen molar-refractivity contribution in [2.24, 2.45) is 11.8 Å². The molecule has 0 bridgehead atoms. The van der Waals surface area contributed by atoms with Gasteiger partial charge in [-0.1, -0.05) is 27.7 Å². The quantitative estimate of drug-likeness (QED) is 0.346. The molecule has 0 spiro atoms. The van der Waals surface area contributed by atoms with E-state index in [1.165, 1.54) is 31.2 Å². The molecule has 1 aromatic rings. The highest BCUT2D eigenvalue weighted by Gasteiger charge is 2.49. The van der Waals surface area contributed by atoms with E-state index in [1.54, 1.807) is 4.90 Å². The van der Waals surface area contributed by atoms with Crippen LogP contribution in [-0.2, 0) is 15.1 Å². The predicted octanol–water partition coefficient (Wildman–Crippen LogP) is 3.28. The molecule has 0 saturated carbocycles. The first-order valence-electron chi connectivity index (χ1n) is 10.6. The van der Waals surface area contributed by atoms with Gasteiger partial charge >= 0.3 is 6.03 Å². The van der Waals surface area contributed by atoms with E-state index >= 15 is 0 Å². The molecule has 1 heterocycles. The molecule has 1 aliphatic heterocycles. The third-order valence-electron chi connectivity index (χ3n) is 5.53. The summed E-state index contributed by atoms with van der Waals surface area (Å²) in [6, 6.07) is 4.81. The number of nitrogens with one attached hydrogen (secondary N) is 1. The van der Waals surface area contributed by atoms with Crippen LogP contribution in [0.4, 0.5) is 10.5 Å². The second-order valence-electron chi connectivity index (χ2n) is 9.00. The van der Waals surface area contributed by atoms with E-state index in [0.29, 0.717) is 30.5 Å². The number of rotatable bonds is 10. The molecule has 31 heavy (non-hydrogen) atoms. The summed E-state index contributed by atoms with van der Waals surface area (Å²) in [5.74, 6) is 0.0399. The summed E-state index contributed by atoms with van der Waals surface area (Å²) in [6.07, 6.45) is 1.68. The molecule has 170 valence electrons. The maximum Gasteiger partial charge on any atom is 0.325 e. The van der Waals surface area contributed by atoms with Crippen LogP contribution in [0.2, 0.25) is 0 Å². The molecule has 0 aliphatic carbocycles. The minimum absolute atomic E-state index is 0.109. The van der Waals surface area contributed by atoms with Gasteiger partial charge in [-0.05, 0) is 49.3 Å². The maximum absolute atomic E-state index is 13.1. The minimum atomic E-state index is -1.38. The molecule has 1 fully saturated rings. The second-order valence-corrected chi connectivity index (χ2v) is 9.00. The SMILES string of the molecule is CC(C)CCN(CCC(C)C)C(=O)CN1C(=O)N[C@@](C)(c2ccc([N+](=O)[O-])cc2)C1=O. The zero-order valence-electron chi connectivity index (χ0n) is 18.9. The van der Waals surface area contributed by atoms with Gasteiger partial charge in [-0.2, -0.15) is 0 Å². The standard InChI is InChI=1S/C22H32N4O5/c1-15(2)10-12-24(13-11-16(3)4)19(27)14-25-20(28)22(5,23-21(25)29)17-6-8-18(9-7-17)26(30)31/h6-9,15-16H,10-14H2,1-5H3,(H,23,29)/t22-/m0/s1. The van der Waals surface area contributed by atoms with Gasteiger partial charge in [-0.15, -0.1) is 0 Å². The van der Waals surface area contributed by atoms with E-state index in [4.69, 9.17) is 0 Å². The molecule has 0 aromatic heterocycles. The molecule has 0 unspecified atom stereocenters. The van der Waals surface area contributed by atoms with Crippen molar-refractivity contribution in [1.82, 2.24) is 15.1 Å². The van der Waals surface area contributed by atoms with Crippen molar-refractivity contribution in [3.05, 3.63) is 39.9 Å². The first kappa shape index (κ1) is 24.3. The van der Waals surface area contributed by atoms with Crippen LogP contribution >= 0.6 is 0 Å². The summed E-state index contributed by atoms with van der Waals surface area (Å²) < 4.78 is 0. The van der Waals surface area contributed by atoms with E-state index in [-0.39, 0.29) is 18.1 Å². The average Bonchev–Trinajstić information content (AvgIpc) is 2.91. The maximum atomic E-state index is 13.1. The van der Waals surface area contributed by atoms with E-state index in [2.05, 4.69) is 33.0 Å². The van der Waals surface area contributed by atoms with Crippen LogP contribution in [0.5, 0.6) is 0 Å². The molecule has 1 aromatic carbocycles. The lowest BCUT2D eigenvalue weighted by atomic mass is 9.92. The highest BCUT2D eigenvalue weighted by molar-refractivity contribution is 6.09. The van der Waals surface area contributed by atoms with Crippen LogP contribution in [0.3, 0.4) is 0 Å². The van der Waals surface area contributed by atoms with Gasteiger partial charge < -0.3 is 10.2 Å². The number of nitro groups is 1. The summed E-state index contributed by atoms with van der Waals surface area (Å²) in [7, 11) is 0. The Hall–Kier alpha value is -2.97. The Kier molecular flexibility index (Phi) is 7.75. The monoisotopic (exact) mass is 432 g/mol. The summed E-state index contributed by atoms with van der Waals surface area (Å²) in [5, 5.41) is 13.5. The number of hydrogen-bond donors (Lipinski definition) is 1. The summed E-state index contributed by atoms with van der Waals surface area (Å²) >= 11 is 0. The van der Waals surface area contributed by atoms with Gasteiger partial charge in [-0.25, -0.2) is 4.79 Å². The number of urea groups is 1. The van der Waals surface area contributed by atoms with E-state index in [1.807, 2.05) is 0 Å². The van der Waals surface area contributed by atoms with E-state index in [9.17, 15) is 24.5 Å². The van der Waals surface area contributed by atoms with Crippen molar-refractivity contribution in [2.75, 3.05) is 19.6 Å². The van der Waals surface area contributed by atoms with Crippen molar-refractivity contribution >= 4 is 23.5 Å². The highest BCUT2D eigenvalue weighted by Crippen LogP contribution is 2.30. The molecule has 2 rings (SSSR count). The van der Waals surface area contributed by atoms with Crippen molar-refractivity contribution < 1.29 is 19.3 Å². The van der Waals surface area contributed by atoms with Crippen molar-refractivity contribution in [2.45, 2.75) is 53.0 Å². The minimum Gasteiger partial charge on any atom is -0.341 e. The highest BCUT2D eigenvalue weighted by atomic mass is 16.6. The van der Waals surface area contributed by atoms with Gasteiger partial charge in [0, 0.05) is 25.2 Å². The number of amides is 4. The number of nitro benzene ring substituents is 1. The van der Waals surface area contributed by atoms with Gasteiger partial charge in [0.05, 0.1) is 4.92 Å². The van der Waals surface area contributed by atoms with Crippen LogP contribution in [-0.4, -0.2) is 52.2 Å². The van der Waals surface area contributed by atoms with Crippen molar-refractivity contribution in [1.29, 1.82) is 0 Å². The number of carbonyl (C=O) groups excluding carboxylic acids is 3. The van der Waals surface area contributed by atoms with Gasteiger partial charge in [-0.3, -0.25) is 24.6 Å². The molecule has 1 atom stereocenters. The predicted molar refractivity (Wildman–Crippen MR) is 116 cm³/mol. The smallest absolute Gasteiger partial charge is 0.325 e. The Morgan fingerprint density at radius 3 is 2.06 bits per heavy atom. The number of nitrogens with zero attached hydrogens (tertiary/aromatic N) is 3. The molecule has 9 heteroatoms.